The smallest absolute Gasteiger partial charge is 0.261 e. The van der Waals surface area contributed by atoms with Crippen LogP contribution in [0.3, 0.4) is 0 Å². The molecule has 31 heavy (non-hydrogen) atoms. The second-order valence-electron chi connectivity index (χ2n) is 8.73. The lowest BCUT2D eigenvalue weighted by Crippen LogP contribution is -2.53. The maximum Gasteiger partial charge on any atom is 0.261 e. The predicted octanol–water partition coefficient (Wildman–Crippen LogP) is 5.43. The molecule has 2 rings (SSSR count). The second-order valence-corrected chi connectivity index (χ2v) is 9.96. The molecule has 2 amide bonds. The Bertz CT molecular complexity index is 933. The van der Waals surface area contributed by atoms with Crippen LogP contribution in [0.4, 0.5) is 0 Å². The Hall–Kier alpha value is -2.05. The molecule has 0 aromatic heterocycles. The van der Waals surface area contributed by atoms with E-state index in [2.05, 4.69) is 21.2 Å². The van der Waals surface area contributed by atoms with E-state index in [0.29, 0.717) is 10.8 Å². The maximum atomic E-state index is 13.1. The van der Waals surface area contributed by atoms with Gasteiger partial charge in [0.05, 0.1) is 0 Å². The third-order valence-electron chi connectivity index (χ3n) is 4.68. The van der Waals surface area contributed by atoms with Crippen LogP contribution in [0.2, 0.25) is 5.02 Å². The van der Waals surface area contributed by atoms with E-state index in [-0.39, 0.29) is 25.0 Å². The van der Waals surface area contributed by atoms with E-state index >= 15 is 0 Å². The van der Waals surface area contributed by atoms with Gasteiger partial charge in [0.15, 0.2) is 6.61 Å². The van der Waals surface area contributed by atoms with Gasteiger partial charge in [-0.2, -0.15) is 0 Å². The van der Waals surface area contributed by atoms with E-state index in [9.17, 15) is 9.59 Å². The summed E-state index contributed by atoms with van der Waals surface area (Å²) in [4.78, 5) is 27.4. The Morgan fingerprint density at radius 1 is 1.16 bits per heavy atom. The zero-order valence-electron chi connectivity index (χ0n) is 18.9. The van der Waals surface area contributed by atoms with Crippen molar-refractivity contribution in [1.82, 2.24) is 10.2 Å². The lowest BCUT2D eigenvalue weighted by Gasteiger charge is -2.31. The van der Waals surface area contributed by atoms with Crippen LogP contribution in [-0.4, -0.2) is 34.9 Å². The van der Waals surface area contributed by atoms with E-state index in [1.54, 1.807) is 19.1 Å². The number of rotatable bonds is 7. The molecular formula is C24H30BrClN2O3. The van der Waals surface area contributed by atoms with Crippen molar-refractivity contribution in [3.8, 4) is 5.75 Å². The van der Waals surface area contributed by atoms with Gasteiger partial charge in [0.2, 0.25) is 5.91 Å². The molecule has 2 aromatic rings. The van der Waals surface area contributed by atoms with Crippen molar-refractivity contribution in [2.45, 2.75) is 59.7 Å². The zero-order chi connectivity index (χ0) is 23.3. The predicted molar refractivity (Wildman–Crippen MR) is 128 cm³/mol. The van der Waals surface area contributed by atoms with Crippen LogP contribution >= 0.6 is 27.5 Å². The van der Waals surface area contributed by atoms with Gasteiger partial charge in [0.25, 0.3) is 5.91 Å². The van der Waals surface area contributed by atoms with Gasteiger partial charge in [-0.15, -0.1) is 0 Å². The summed E-state index contributed by atoms with van der Waals surface area (Å²) in [5.74, 6) is 0.106. The number of hydrogen-bond donors (Lipinski definition) is 1. The molecule has 0 aliphatic heterocycles. The number of benzene rings is 2. The highest BCUT2D eigenvalue weighted by atomic mass is 79.9. The van der Waals surface area contributed by atoms with Crippen molar-refractivity contribution in [3.05, 3.63) is 62.6 Å². The number of aryl methyl sites for hydroxylation is 2. The highest BCUT2D eigenvalue weighted by Gasteiger charge is 2.28. The molecule has 0 heterocycles. The normalized spacial score (nSPS) is 12.3. The first-order valence-corrected chi connectivity index (χ1v) is 11.3. The van der Waals surface area contributed by atoms with Gasteiger partial charge in [-0.3, -0.25) is 9.59 Å². The summed E-state index contributed by atoms with van der Waals surface area (Å²) in [7, 11) is 0. The molecule has 1 N–H and O–H groups in total. The molecule has 168 valence electrons. The highest BCUT2D eigenvalue weighted by Crippen LogP contribution is 2.26. The van der Waals surface area contributed by atoms with Crippen molar-refractivity contribution in [1.29, 1.82) is 0 Å². The number of hydrogen-bond acceptors (Lipinski definition) is 3. The first-order chi connectivity index (χ1) is 14.4. The zero-order valence-corrected chi connectivity index (χ0v) is 21.2. The molecule has 2 aromatic carbocycles. The number of halogens is 2. The second kappa shape index (κ2) is 10.5. The van der Waals surface area contributed by atoms with Crippen molar-refractivity contribution in [2.24, 2.45) is 0 Å². The number of nitrogens with zero attached hydrogens (tertiary/aromatic N) is 1. The number of nitrogens with one attached hydrogen (secondary N) is 1. The molecule has 0 saturated heterocycles. The lowest BCUT2D eigenvalue weighted by atomic mass is 10.1. The molecule has 0 spiro atoms. The molecular weight excluding hydrogens is 480 g/mol. The summed E-state index contributed by atoms with van der Waals surface area (Å²) in [6.45, 7) is 11.4. The summed E-state index contributed by atoms with van der Waals surface area (Å²) in [5, 5.41) is 3.52. The molecule has 0 bridgehead atoms. The van der Waals surface area contributed by atoms with Crippen LogP contribution in [0.1, 0.15) is 44.4 Å². The average Bonchev–Trinajstić information content (AvgIpc) is 2.66. The standard InChI is InChI=1S/C24H30BrClN2O3/c1-15-10-20(11-16(2)22(15)25)31-14-21(29)28(13-18-8-7-9-19(26)12-18)17(3)23(30)27-24(4,5)6/h7-12,17H,13-14H2,1-6H3,(H,27,30)/t17-/m1/s1. The quantitative estimate of drug-likeness (QED) is 0.541. The fourth-order valence-corrected chi connectivity index (χ4v) is 3.55. The van der Waals surface area contributed by atoms with Crippen LogP contribution in [0, 0.1) is 13.8 Å². The van der Waals surface area contributed by atoms with Crippen molar-refractivity contribution in [3.63, 3.8) is 0 Å². The van der Waals surface area contributed by atoms with E-state index in [1.807, 2.05) is 58.9 Å². The molecule has 0 radical (unpaired) electrons. The monoisotopic (exact) mass is 508 g/mol. The number of ether oxygens (including phenoxy) is 1. The molecule has 0 aliphatic rings. The largest absolute Gasteiger partial charge is 0.484 e. The minimum Gasteiger partial charge on any atom is -0.484 e. The molecule has 5 nitrogen and oxygen atoms in total. The first kappa shape index (κ1) is 25.2. The van der Waals surface area contributed by atoms with Gasteiger partial charge >= 0.3 is 0 Å². The van der Waals surface area contributed by atoms with Gasteiger partial charge in [0.1, 0.15) is 11.8 Å². The number of amides is 2. The fourth-order valence-electron chi connectivity index (χ4n) is 3.11. The van der Waals surface area contributed by atoms with E-state index in [4.69, 9.17) is 16.3 Å². The first-order valence-electron chi connectivity index (χ1n) is 10.1. The Morgan fingerprint density at radius 3 is 2.32 bits per heavy atom. The lowest BCUT2D eigenvalue weighted by molar-refractivity contribution is -0.142. The number of carbonyl (C=O) groups is 2. The Balaban J connectivity index is 2.21. The van der Waals surface area contributed by atoms with Crippen LogP contribution in [0.15, 0.2) is 40.9 Å². The molecule has 7 heteroatoms. The van der Waals surface area contributed by atoms with Gasteiger partial charge in [-0.25, -0.2) is 0 Å². The summed E-state index contributed by atoms with van der Waals surface area (Å²) in [6.07, 6.45) is 0. The third-order valence-corrected chi connectivity index (χ3v) is 6.17. The SMILES string of the molecule is Cc1cc(OCC(=O)N(Cc2cccc(Cl)c2)[C@H](C)C(=O)NC(C)(C)C)cc(C)c1Br. The summed E-state index contributed by atoms with van der Waals surface area (Å²) in [5.41, 5.74) is 2.48. The average molecular weight is 510 g/mol. The topological polar surface area (TPSA) is 58.6 Å². The van der Waals surface area contributed by atoms with Crippen molar-refractivity contribution in [2.75, 3.05) is 6.61 Å². The molecule has 0 unspecified atom stereocenters. The Morgan fingerprint density at radius 2 is 1.77 bits per heavy atom. The molecule has 1 atom stereocenters. The van der Waals surface area contributed by atoms with E-state index in [0.717, 1.165) is 21.2 Å². The number of carbonyl (C=O) groups excluding carboxylic acids is 2. The summed E-state index contributed by atoms with van der Waals surface area (Å²) < 4.78 is 6.80. The molecule has 0 fully saturated rings. The van der Waals surface area contributed by atoms with Crippen LogP contribution in [0.5, 0.6) is 5.75 Å². The van der Waals surface area contributed by atoms with Crippen LogP contribution in [-0.2, 0) is 16.1 Å². The molecule has 0 saturated carbocycles. The highest BCUT2D eigenvalue weighted by molar-refractivity contribution is 9.10. The summed E-state index contributed by atoms with van der Waals surface area (Å²) in [6, 6.07) is 10.3. The maximum absolute atomic E-state index is 13.1. The van der Waals surface area contributed by atoms with Crippen molar-refractivity contribution < 1.29 is 14.3 Å². The fraction of sp³-hybridized carbons (Fsp3) is 0.417. The van der Waals surface area contributed by atoms with E-state index in [1.165, 1.54) is 4.90 Å². The minimum atomic E-state index is -0.678. The Kier molecular flexibility index (Phi) is 8.55. The minimum absolute atomic E-state index is 0.172. The van der Waals surface area contributed by atoms with Gasteiger partial charge in [-0.05, 0) is 82.5 Å². The van der Waals surface area contributed by atoms with Crippen LogP contribution in [0.25, 0.3) is 0 Å². The van der Waals surface area contributed by atoms with E-state index < -0.39 is 11.6 Å². The Labute approximate surface area is 198 Å². The van der Waals surface area contributed by atoms with Gasteiger partial charge < -0.3 is 15.0 Å². The summed E-state index contributed by atoms with van der Waals surface area (Å²) >= 11 is 9.64. The van der Waals surface area contributed by atoms with Gasteiger partial charge in [-0.1, -0.05) is 39.7 Å². The van der Waals surface area contributed by atoms with Crippen LogP contribution < -0.4 is 10.1 Å². The van der Waals surface area contributed by atoms with Gasteiger partial charge in [0, 0.05) is 21.6 Å². The molecule has 0 aliphatic carbocycles. The third kappa shape index (κ3) is 7.54. The van der Waals surface area contributed by atoms with Crippen molar-refractivity contribution >= 4 is 39.3 Å².